The van der Waals surface area contributed by atoms with E-state index in [4.69, 9.17) is 14.0 Å². The predicted molar refractivity (Wildman–Crippen MR) is 161 cm³/mol. The lowest BCUT2D eigenvalue weighted by Crippen LogP contribution is -2.24. The molecule has 1 amide bonds. The number of benzene rings is 3. The number of esters is 2. The van der Waals surface area contributed by atoms with E-state index in [0.29, 0.717) is 44.7 Å². The summed E-state index contributed by atoms with van der Waals surface area (Å²) in [6, 6.07) is 19.5. The Bertz CT molecular complexity index is 1830. The van der Waals surface area contributed by atoms with E-state index >= 15 is 0 Å². The summed E-state index contributed by atoms with van der Waals surface area (Å²) < 4.78 is 15.3. The minimum atomic E-state index is -0.459. The number of methoxy groups -OCH3 is 1. The van der Waals surface area contributed by atoms with Gasteiger partial charge in [-0.25, -0.2) is 9.59 Å². The third kappa shape index (κ3) is 6.23. The summed E-state index contributed by atoms with van der Waals surface area (Å²) in [7, 11) is 1.32. The van der Waals surface area contributed by atoms with Gasteiger partial charge in [-0.05, 0) is 68.3 Å². The molecule has 0 radical (unpaired) electrons. The Morgan fingerprint density at radius 1 is 0.930 bits per heavy atom. The van der Waals surface area contributed by atoms with E-state index < -0.39 is 11.9 Å². The highest BCUT2D eigenvalue weighted by Crippen LogP contribution is 2.34. The van der Waals surface area contributed by atoms with Crippen LogP contribution in [0.3, 0.4) is 0 Å². The number of hydrogen-bond donors (Lipinski definition) is 2. The van der Waals surface area contributed by atoms with Gasteiger partial charge in [0, 0.05) is 29.4 Å². The fourth-order valence-corrected chi connectivity index (χ4v) is 4.84. The zero-order valence-corrected chi connectivity index (χ0v) is 24.2. The molecular weight excluding hydrogens is 548 g/mol. The van der Waals surface area contributed by atoms with Crippen molar-refractivity contribution in [3.63, 3.8) is 0 Å². The number of amides is 1. The Morgan fingerprint density at radius 2 is 1.70 bits per heavy atom. The first-order valence-electron chi connectivity index (χ1n) is 13.6. The molecule has 2 aromatic heterocycles. The van der Waals surface area contributed by atoms with Gasteiger partial charge in [0.2, 0.25) is 0 Å². The average molecular weight is 579 g/mol. The molecule has 0 aliphatic carbocycles. The smallest absolute Gasteiger partial charge is 0.338 e. The van der Waals surface area contributed by atoms with Crippen molar-refractivity contribution in [2.45, 2.75) is 27.3 Å². The van der Waals surface area contributed by atoms with Crippen molar-refractivity contribution in [1.29, 1.82) is 0 Å². The highest BCUT2D eigenvalue weighted by atomic mass is 16.5. The van der Waals surface area contributed by atoms with Crippen molar-refractivity contribution in [3.05, 3.63) is 107 Å². The molecule has 218 valence electrons. The second-order valence-electron chi connectivity index (χ2n) is 9.78. The molecule has 0 bridgehead atoms. The van der Waals surface area contributed by atoms with Crippen LogP contribution in [0, 0.1) is 13.8 Å². The molecule has 2 N–H and O–H groups in total. The fourth-order valence-electron chi connectivity index (χ4n) is 4.84. The molecule has 5 aromatic rings. The van der Waals surface area contributed by atoms with Crippen molar-refractivity contribution < 1.29 is 28.4 Å². The van der Waals surface area contributed by atoms with Crippen LogP contribution in [0.4, 0.5) is 11.4 Å². The molecule has 0 saturated heterocycles. The molecule has 0 atom stereocenters. The van der Waals surface area contributed by atoms with Gasteiger partial charge in [0.1, 0.15) is 5.76 Å². The largest absolute Gasteiger partial charge is 0.465 e. The quantitative estimate of drug-likeness (QED) is 0.198. The number of anilines is 2. The number of carbonyl (C=O) groups is 3. The number of carbonyl (C=O) groups excluding carboxylic acids is 3. The Labute approximate surface area is 248 Å². The van der Waals surface area contributed by atoms with E-state index in [-0.39, 0.29) is 19.1 Å². The lowest BCUT2D eigenvalue weighted by molar-refractivity contribution is 0.0525. The summed E-state index contributed by atoms with van der Waals surface area (Å²) in [6.07, 6.45) is 1.51. The van der Waals surface area contributed by atoms with Crippen LogP contribution in [0.1, 0.15) is 55.0 Å². The van der Waals surface area contributed by atoms with Gasteiger partial charge in [0.05, 0.1) is 47.3 Å². The number of nitrogens with one attached hydrogen (secondary N) is 2. The summed E-state index contributed by atoms with van der Waals surface area (Å²) in [4.78, 5) is 42.5. The molecule has 0 fully saturated rings. The molecule has 43 heavy (non-hydrogen) atoms. The van der Waals surface area contributed by atoms with Gasteiger partial charge in [-0.15, -0.1) is 0 Å². The normalized spacial score (nSPS) is 10.8. The monoisotopic (exact) mass is 578 g/mol. The van der Waals surface area contributed by atoms with Crippen LogP contribution in [0.5, 0.6) is 0 Å². The number of nitrogens with zero attached hydrogens (tertiary/aromatic N) is 2. The van der Waals surface area contributed by atoms with Gasteiger partial charge in [-0.3, -0.25) is 9.78 Å². The topological polar surface area (TPSA) is 133 Å². The minimum Gasteiger partial charge on any atom is -0.465 e. The van der Waals surface area contributed by atoms with Crippen molar-refractivity contribution in [1.82, 2.24) is 15.5 Å². The van der Waals surface area contributed by atoms with Crippen LogP contribution in [0.15, 0.2) is 77.4 Å². The van der Waals surface area contributed by atoms with Crippen LogP contribution >= 0.6 is 0 Å². The molecule has 10 nitrogen and oxygen atoms in total. The molecule has 0 aliphatic heterocycles. The van der Waals surface area contributed by atoms with Crippen LogP contribution in [0.25, 0.3) is 22.0 Å². The molecule has 2 heterocycles. The van der Waals surface area contributed by atoms with Gasteiger partial charge >= 0.3 is 11.9 Å². The van der Waals surface area contributed by atoms with Crippen molar-refractivity contribution >= 4 is 40.1 Å². The van der Waals surface area contributed by atoms with E-state index in [0.717, 1.165) is 22.4 Å². The maximum atomic E-state index is 13.6. The van der Waals surface area contributed by atoms with Gasteiger partial charge in [-0.1, -0.05) is 35.5 Å². The number of ether oxygens (including phenoxy) is 2. The molecule has 0 spiro atoms. The molecule has 10 heteroatoms. The number of pyridine rings is 1. The van der Waals surface area contributed by atoms with Gasteiger partial charge in [-0.2, -0.15) is 0 Å². The third-order valence-corrected chi connectivity index (χ3v) is 6.88. The van der Waals surface area contributed by atoms with Crippen molar-refractivity contribution in [3.8, 4) is 11.1 Å². The second-order valence-corrected chi connectivity index (χ2v) is 9.78. The summed E-state index contributed by atoms with van der Waals surface area (Å²) in [5.74, 6) is -0.587. The van der Waals surface area contributed by atoms with E-state index in [1.807, 2.05) is 38.1 Å². The van der Waals surface area contributed by atoms with Gasteiger partial charge in [0.25, 0.3) is 5.91 Å². The molecule has 3 aromatic carbocycles. The first kappa shape index (κ1) is 29.0. The fraction of sp³-hybridized carbons (Fsp3) is 0.182. The van der Waals surface area contributed by atoms with Crippen LogP contribution < -0.4 is 10.6 Å². The second kappa shape index (κ2) is 12.6. The number of aryl methyl sites for hydroxylation is 2. The van der Waals surface area contributed by atoms with Crippen molar-refractivity contribution in [2.75, 3.05) is 19.0 Å². The lowest BCUT2D eigenvalue weighted by atomic mass is 10.0. The van der Waals surface area contributed by atoms with E-state index in [1.165, 1.54) is 13.3 Å². The molecule has 0 unspecified atom stereocenters. The maximum absolute atomic E-state index is 13.6. The summed E-state index contributed by atoms with van der Waals surface area (Å²) >= 11 is 0. The molecular formula is C33H30N4O6. The number of fused-ring (bicyclic) bond motifs is 1. The summed E-state index contributed by atoms with van der Waals surface area (Å²) in [5.41, 5.74) is 6.06. The first-order valence-corrected chi connectivity index (χ1v) is 13.6. The molecule has 5 rings (SSSR count). The molecule has 0 aliphatic rings. The first-order chi connectivity index (χ1) is 20.8. The van der Waals surface area contributed by atoms with Gasteiger partial charge in [0.15, 0.2) is 0 Å². The Hall–Kier alpha value is -5.51. The van der Waals surface area contributed by atoms with Crippen LogP contribution in [-0.2, 0) is 16.0 Å². The Kier molecular flexibility index (Phi) is 8.47. The predicted octanol–water partition coefficient (Wildman–Crippen LogP) is 6.14. The SMILES string of the molecule is CCOC(=O)c1cccc(Nc2c(C(=O)NCc3cccc(C(=O)OC)c3)cnc3cc(-c4c(C)noc4C)ccc23)c1. The van der Waals surface area contributed by atoms with Crippen molar-refractivity contribution in [2.24, 2.45) is 0 Å². The number of hydrogen-bond acceptors (Lipinski definition) is 9. The zero-order valence-electron chi connectivity index (χ0n) is 24.2. The summed E-state index contributed by atoms with van der Waals surface area (Å²) in [6.45, 7) is 5.90. The third-order valence-electron chi connectivity index (χ3n) is 6.88. The number of rotatable bonds is 9. The average Bonchev–Trinajstić information content (AvgIpc) is 3.36. The van der Waals surface area contributed by atoms with E-state index in [2.05, 4.69) is 20.8 Å². The van der Waals surface area contributed by atoms with E-state index in [9.17, 15) is 14.4 Å². The minimum absolute atomic E-state index is 0.171. The number of aromatic nitrogens is 2. The Morgan fingerprint density at radius 3 is 2.42 bits per heavy atom. The van der Waals surface area contributed by atoms with E-state index in [1.54, 1.807) is 49.4 Å². The maximum Gasteiger partial charge on any atom is 0.338 e. The van der Waals surface area contributed by atoms with Crippen LogP contribution in [-0.4, -0.2) is 41.7 Å². The molecule has 0 saturated carbocycles. The lowest BCUT2D eigenvalue weighted by Gasteiger charge is -2.16. The van der Waals surface area contributed by atoms with Gasteiger partial charge < -0.3 is 24.6 Å². The standard InChI is InChI=1S/C33H30N4O6/c1-5-42-33(40)24-10-7-11-25(15-24)36-30-26-13-12-22(29-19(2)37-43-20(29)3)16-28(26)34-18-27(30)31(38)35-17-21-8-6-9-23(14-21)32(39)41-4/h6-16,18H,5,17H2,1-4H3,(H,34,36)(H,35,38). The highest BCUT2D eigenvalue weighted by Gasteiger charge is 2.19. The highest BCUT2D eigenvalue weighted by molar-refractivity contribution is 6.08. The zero-order chi connectivity index (χ0) is 30.5. The summed E-state index contributed by atoms with van der Waals surface area (Å²) in [5, 5.41) is 11.0. The Balaban J connectivity index is 1.53. The van der Waals surface area contributed by atoms with Crippen LogP contribution in [0.2, 0.25) is 0 Å².